The van der Waals surface area contributed by atoms with Crippen molar-refractivity contribution in [1.29, 1.82) is 0 Å². The molecule has 0 aromatic carbocycles. The van der Waals surface area contributed by atoms with Crippen LogP contribution in [0.5, 0.6) is 0 Å². The van der Waals surface area contributed by atoms with Crippen LogP contribution in [0.2, 0.25) is 0 Å². The maximum atomic E-state index is 10.0. The smallest absolute Gasteiger partial charge is 0.222 e. The lowest BCUT2D eigenvalue weighted by Gasteiger charge is -2.19. The lowest BCUT2D eigenvalue weighted by atomic mass is 10.1. The van der Waals surface area contributed by atoms with Crippen LogP contribution < -0.4 is 5.73 Å². The Kier molecular flexibility index (Phi) is 3.26. The molecule has 1 aliphatic rings. The zero-order chi connectivity index (χ0) is 14.3. The summed E-state index contributed by atoms with van der Waals surface area (Å²) in [4.78, 5) is 12.1. The molecule has 9 nitrogen and oxygen atoms in total. The molecule has 4 atom stereocenters. The van der Waals surface area contributed by atoms with E-state index in [4.69, 9.17) is 15.2 Å². The second kappa shape index (κ2) is 4.94. The van der Waals surface area contributed by atoms with E-state index in [0.717, 1.165) is 0 Å². The van der Waals surface area contributed by atoms with Crippen LogP contribution in [0.3, 0.4) is 0 Å². The third-order valence-corrected chi connectivity index (χ3v) is 3.37. The Morgan fingerprint density at radius 2 is 2.30 bits per heavy atom. The maximum absolute atomic E-state index is 10.0. The van der Waals surface area contributed by atoms with Crippen LogP contribution in [-0.4, -0.2) is 61.8 Å². The second-order valence-electron chi connectivity index (χ2n) is 4.53. The summed E-state index contributed by atoms with van der Waals surface area (Å²) in [5.41, 5.74) is 6.61. The van der Waals surface area contributed by atoms with Crippen molar-refractivity contribution in [3.63, 3.8) is 0 Å². The number of nitrogens with zero attached hydrogens (tertiary/aromatic N) is 4. The number of ether oxygens (including phenoxy) is 2. The summed E-state index contributed by atoms with van der Waals surface area (Å²) < 4.78 is 12.5. The van der Waals surface area contributed by atoms with Gasteiger partial charge in [0, 0.05) is 7.11 Å². The molecular weight excluding hydrogens is 266 g/mol. The molecule has 0 aliphatic carbocycles. The predicted octanol–water partition coefficient (Wildman–Crippen LogP) is -1.33. The normalized spacial score (nSPS) is 30.1. The highest BCUT2D eigenvalue weighted by molar-refractivity contribution is 5.70. The van der Waals surface area contributed by atoms with Gasteiger partial charge < -0.3 is 25.4 Å². The fourth-order valence-corrected chi connectivity index (χ4v) is 2.37. The molecule has 1 saturated heterocycles. The average molecular weight is 281 g/mol. The highest BCUT2D eigenvalue weighted by atomic mass is 16.6. The van der Waals surface area contributed by atoms with Gasteiger partial charge in [-0.2, -0.15) is 4.98 Å². The monoisotopic (exact) mass is 281 g/mol. The first-order valence-electron chi connectivity index (χ1n) is 6.08. The second-order valence-corrected chi connectivity index (χ2v) is 4.53. The van der Waals surface area contributed by atoms with Gasteiger partial charge in [0.15, 0.2) is 11.9 Å². The number of fused-ring (bicyclic) bond motifs is 1. The van der Waals surface area contributed by atoms with Gasteiger partial charge in [0.2, 0.25) is 5.95 Å². The SMILES string of the molecule is CO[C@H]1C(n2cnc3cnc(N)nc32)O[C@H](CO)[C@H]1O. The third-order valence-electron chi connectivity index (χ3n) is 3.37. The van der Waals surface area contributed by atoms with Gasteiger partial charge in [0.25, 0.3) is 0 Å². The van der Waals surface area contributed by atoms with E-state index in [0.29, 0.717) is 11.2 Å². The van der Waals surface area contributed by atoms with E-state index in [1.807, 2.05) is 0 Å². The van der Waals surface area contributed by atoms with Crippen LogP contribution in [0.15, 0.2) is 12.5 Å². The molecular formula is C11H15N5O4. The van der Waals surface area contributed by atoms with Gasteiger partial charge in [-0.25, -0.2) is 9.97 Å². The van der Waals surface area contributed by atoms with E-state index in [2.05, 4.69) is 15.0 Å². The Morgan fingerprint density at radius 1 is 1.50 bits per heavy atom. The number of rotatable bonds is 3. The molecule has 0 amide bonds. The van der Waals surface area contributed by atoms with Crippen molar-refractivity contribution in [2.45, 2.75) is 24.5 Å². The van der Waals surface area contributed by atoms with Crippen LogP contribution in [0.25, 0.3) is 11.2 Å². The summed E-state index contributed by atoms with van der Waals surface area (Å²) in [5.74, 6) is 0.116. The summed E-state index contributed by atoms with van der Waals surface area (Å²) in [6.45, 7) is -0.304. The van der Waals surface area contributed by atoms with E-state index < -0.39 is 24.5 Å². The molecule has 2 aromatic rings. The van der Waals surface area contributed by atoms with Crippen LogP contribution in [0.4, 0.5) is 5.95 Å². The highest BCUT2D eigenvalue weighted by Crippen LogP contribution is 2.32. The molecule has 20 heavy (non-hydrogen) atoms. The number of aromatic nitrogens is 4. The summed E-state index contributed by atoms with van der Waals surface area (Å²) in [7, 11) is 1.46. The third kappa shape index (κ3) is 1.91. The van der Waals surface area contributed by atoms with Crippen molar-refractivity contribution in [1.82, 2.24) is 19.5 Å². The molecule has 2 aromatic heterocycles. The molecule has 0 radical (unpaired) electrons. The van der Waals surface area contributed by atoms with Gasteiger partial charge in [-0.15, -0.1) is 0 Å². The first kappa shape index (κ1) is 13.2. The number of imidazole rings is 1. The highest BCUT2D eigenvalue weighted by Gasteiger charge is 2.45. The van der Waals surface area contributed by atoms with Crippen molar-refractivity contribution >= 4 is 17.1 Å². The zero-order valence-electron chi connectivity index (χ0n) is 10.7. The Labute approximate surface area is 114 Å². The molecule has 0 saturated carbocycles. The van der Waals surface area contributed by atoms with Gasteiger partial charge in [-0.3, -0.25) is 4.57 Å². The Morgan fingerprint density at radius 3 is 3.00 bits per heavy atom. The Hall–Kier alpha value is -1.81. The lowest BCUT2D eigenvalue weighted by Crippen LogP contribution is -2.34. The maximum Gasteiger partial charge on any atom is 0.222 e. The zero-order valence-corrected chi connectivity index (χ0v) is 10.7. The first-order chi connectivity index (χ1) is 9.65. The molecule has 108 valence electrons. The Balaban J connectivity index is 2.03. The van der Waals surface area contributed by atoms with Gasteiger partial charge in [-0.1, -0.05) is 0 Å². The molecule has 1 aliphatic heterocycles. The lowest BCUT2D eigenvalue weighted by molar-refractivity contribution is -0.0583. The molecule has 3 heterocycles. The Bertz CT molecular complexity index is 618. The van der Waals surface area contributed by atoms with E-state index in [1.54, 1.807) is 4.57 Å². The predicted molar refractivity (Wildman–Crippen MR) is 67.5 cm³/mol. The fraction of sp³-hybridized carbons (Fsp3) is 0.545. The molecule has 1 fully saturated rings. The van der Waals surface area contributed by atoms with Crippen LogP contribution in [-0.2, 0) is 9.47 Å². The molecule has 4 N–H and O–H groups in total. The van der Waals surface area contributed by atoms with Gasteiger partial charge in [0.05, 0.1) is 19.1 Å². The summed E-state index contributed by atoms with van der Waals surface area (Å²) in [5, 5.41) is 19.3. The van der Waals surface area contributed by atoms with Crippen molar-refractivity contribution in [2.24, 2.45) is 0 Å². The molecule has 3 rings (SSSR count). The number of anilines is 1. The summed E-state index contributed by atoms with van der Waals surface area (Å²) >= 11 is 0. The standard InChI is InChI=1S/C11H15N5O4/c1-19-8-7(18)6(3-17)20-10(8)16-4-14-5-2-13-11(12)15-9(5)16/h2,4,6-8,10,17-18H,3H2,1H3,(H2,12,13,15)/t6-,7-,8-,10?/m1/s1. The van der Waals surface area contributed by atoms with Crippen molar-refractivity contribution in [3.05, 3.63) is 12.5 Å². The van der Waals surface area contributed by atoms with Gasteiger partial charge >= 0.3 is 0 Å². The topological polar surface area (TPSA) is 129 Å². The summed E-state index contributed by atoms with van der Waals surface area (Å²) in [6, 6.07) is 0. The molecule has 0 spiro atoms. The molecule has 9 heteroatoms. The van der Waals surface area contributed by atoms with E-state index in [9.17, 15) is 10.2 Å². The van der Waals surface area contributed by atoms with E-state index in [1.165, 1.54) is 19.6 Å². The fourth-order valence-electron chi connectivity index (χ4n) is 2.37. The number of nitrogens with two attached hydrogens (primary N) is 1. The van der Waals surface area contributed by atoms with Crippen molar-refractivity contribution in [3.8, 4) is 0 Å². The van der Waals surface area contributed by atoms with E-state index >= 15 is 0 Å². The largest absolute Gasteiger partial charge is 0.394 e. The number of methoxy groups -OCH3 is 1. The van der Waals surface area contributed by atoms with Gasteiger partial charge in [0.1, 0.15) is 23.8 Å². The first-order valence-corrected chi connectivity index (χ1v) is 6.08. The number of aliphatic hydroxyl groups excluding tert-OH is 2. The van der Waals surface area contributed by atoms with Gasteiger partial charge in [-0.05, 0) is 0 Å². The van der Waals surface area contributed by atoms with E-state index in [-0.39, 0.29) is 12.6 Å². The molecule has 1 unspecified atom stereocenters. The number of hydrogen-bond acceptors (Lipinski definition) is 8. The quantitative estimate of drug-likeness (QED) is 0.631. The van der Waals surface area contributed by atoms with Crippen molar-refractivity contribution < 1.29 is 19.7 Å². The van der Waals surface area contributed by atoms with Crippen LogP contribution >= 0.6 is 0 Å². The minimum atomic E-state index is -0.938. The minimum absolute atomic E-state index is 0.116. The molecule has 0 bridgehead atoms. The summed E-state index contributed by atoms with van der Waals surface area (Å²) in [6.07, 6.45) is 0.0766. The number of aliphatic hydroxyl groups is 2. The number of hydrogen-bond donors (Lipinski definition) is 3. The van der Waals surface area contributed by atoms with Crippen LogP contribution in [0.1, 0.15) is 6.23 Å². The minimum Gasteiger partial charge on any atom is -0.394 e. The van der Waals surface area contributed by atoms with Crippen LogP contribution in [0, 0.1) is 0 Å². The average Bonchev–Trinajstić information content (AvgIpc) is 2.98. The van der Waals surface area contributed by atoms with Crippen molar-refractivity contribution in [2.75, 3.05) is 19.5 Å². The number of nitrogen functional groups attached to an aromatic ring is 1.